The summed E-state index contributed by atoms with van der Waals surface area (Å²) in [6.07, 6.45) is 8.32. The SMILES string of the molecule is OCCN(CCO)c1ccc(/C=C/c2cc[n+](CC[SH2+])cc2)cc1. The third-order valence-corrected chi connectivity index (χ3v) is 3.98. The summed E-state index contributed by atoms with van der Waals surface area (Å²) in [5.41, 5.74) is 3.28. The van der Waals surface area contributed by atoms with Gasteiger partial charge < -0.3 is 15.1 Å². The molecule has 0 unspecified atom stereocenters. The van der Waals surface area contributed by atoms with Crippen LogP contribution in [0, 0.1) is 0 Å². The number of hydrogen-bond acceptors (Lipinski definition) is 3. The smallest absolute Gasteiger partial charge is 0.192 e. The van der Waals surface area contributed by atoms with Crippen LogP contribution in [0.15, 0.2) is 48.8 Å². The van der Waals surface area contributed by atoms with Gasteiger partial charge in [-0.2, -0.15) is 0 Å². The van der Waals surface area contributed by atoms with Crippen molar-refractivity contribution in [2.45, 2.75) is 6.54 Å². The van der Waals surface area contributed by atoms with E-state index < -0.39 is 0 Å². The van der Waals surface area contributed by atoms with Gasteiger partial charge in [0.15, 0.2) is 24.7 Å². The summed E-state index contributed by atoms with van der Waals surface area (Å²) >= 11 is 3.48. The number of anilines is 1. The van der Waals surface area contributed by atoms with E-state index in [2.05, 4.69) is 53.9 Å². The molecule has 5 heteroatoms. The van der Waals surface area contributed by atoms with Crippen LogP contribution in [0.4, 0.5) is 5.69 Å². The molecule has 0 radical (unpaired) electrons. The lowest BCUT2D eigenvalue weighted by Gasteiger charge is -2.22. The summed E-state index contributed by atoms with van der Waals surface area (Å²) in [6, 6.07) is 12.3. The molecule has 0 amide bonds. The van der Waals surface area contributed by atoms with Crippen molar-refractivity contribution in [3.8, 4) is 0 Å². The van der Waals surface area contributed by atoms with Crippen molar-refractivity contribution in [1.29, 1.82) is 0 Å². The molecule has 0 spiro atoms. The first kappa shape index (κ1) is 18.5. The average molecular weight is 346 g/mol. The molecule has 0 aliphatic carbocycles. The molecule has 0 fully saturated rings. The van der Waals surface area contributed by atoms with Gasteiger partial charge in [0.1, 0.15) is 0 Å². The van der Waals surface area contributed by atoms with Crippen LogP contribution in [0.1, 0.15) is 11.1 Å². The van der Waals surface area contributed by atoms with Gasteiger partial charge in [0.2, 0.25) is 0 Å². The van der Waals surface area contributed by atoms with Crippen LogP contribution in [0.3, 0.4) is 0 Å². The Kier molecular flexibility index (Phi) is 7.82. The highest BCUT2D eigenvalue weighted by molar-refractivity contribution is 7.58. The summed E-state index contributed by atoms with van der Waals surface area (Å²) in [5.74, 6) is 0.940. The average Bonchev–Trinajstić information content (AvgIpc) is 2.62. The van der Waals surface area contributed by atoms with Gasteiger partial charge in [-0.25, -0.2) is 4.57 Å². The van der Waals surface area contributed by atoms with Crippen molar-refractivity contribution in [1.82, 2.24) is 0 Å². The molecule has 1 heterocycles. The molecule has 2 N–H and O–H groups in total. The maximum absolute atomic E-state index is 9.10. The molecular formula is C19H26N2O2S+2. The first-order valence-electron chi connectivity index (χ1n) is 8.15. The normalized spacial score (nSPS) is 11.1. The maximum atomic E-state index is 9.10. The van der Waals surface area contributed by atoms with E-state index in [1.165, 1.54) is 0 Å². The first-order valence-corrected chi connectivity index (χ1v) is 8.86. The van der Waals surface area contributed by atoms with Crippen molar-refractivity contribution in [2.24, 2.45) is 0 Å². The largest absolute Gasteiger partial charge is 0.395 e. The van der Waals surface area contributed by atoms with Crippen LogP contribution >= 0.6 is 0 Å². The molecule has 24 heavy (non-hydrogen) atoms. The summed E-state index contributed by atoms with van der Waals surface area (Å²) in [4.78, 5) is 1.97. The Morgan fingerprint density at radius 1 is 0.875 bits per heavy atom. The fourth-order valence-corrected chi connectivity index (χ4v) is 2.72. The monoisotopic (exact) mass is 346 g/mol. The van der Waals surface area contributed by atoms with Gasteiger partial charge in [0.25, 0.3) is 0 Å². The first-order chi connectivity index (χ1) is 11.8. The standard InChI is InChI=1S/C19H24N2O2S/c22-14-11-21(12-15-23)19-5-3-17(4-6-19)1-2-18-7-9-20(10-8-18)13-16-24/h1-10,22-23H,11-16H2/p+2. The highest BCUT2D eigenvalue weighted by atomic mass is 32.1. The third kappa shape index (κ3) is 5.67. The van der Waals surface area contributed by atoms with E-state index in [0.717, 1.165) is 29.1 Å². The molecule has 0 aliphatic heterocycles. The minimum Gasteiger partial charge on any atom is -0.395 e. The zero-order valence-corrected chi connectivity index (χ0v) is 14.8. The van der Waals surface area contributed by atoms with Crippen LogP contribution < -0.4 is 9.47 Å². The Balaban J connectivity index is 2.02. The number of hydrogen-bond donors (Lipinski definition) is 2. The van der Waals surface area contributed by atoms with E-state index in [4.69, 9.17) is 10.2 Å². The number of aliphatic hydroxyl groups excluding tert-OH is 2. The van der Waals surface area contributed by atoms with E-state index in [-0.39, 0.29) is 13.2 Å². The zero-order chi connectivity index (χ0) is 17.2. The molecule has 0 atom stereocenters. The number of benzene rings is 1. The molecule has 0 aliphatic rings. The van der Waals surface area contributed by atoms with Crippen LogP contribution in [0.5, 0.6) is 0 Å². The predicted octanol–water partition coefficient (Wildman–Crippen LogP) is 0.947. The predicted molar refractivity (Wildman–Crippen MR) is 103 cm³/mol. The summed E-state index contributed by atoms with van der Waals surface area (Å²) < 4.78 is 2.13. The second-order valence-electron chi connectivity index (χ2n) is 5.48. The Labute approximate surface area is 149 Å². The van der Waals surface area contributed by atoms with E-state index in [0.29, 0.717) is 13.1 Å². The zero-order valence-electron chi connectivity index (χ0n) is 13.8. The quantitative estimate of drug-likeness (QED) is 0.525. The van der Waals surface area contributed by atoms with E-state index >= 15 is 0 Å². The number of aryl methyl sites for hydroxylation is 1. The summed E-state index contributed by atoms with van der Waals surface area (Å²) in [5, 5.41) is 18.2. The molecule has 2 rings (SSSR count). The summed E-state index contributed by atoms with van der Waals surface area (Å²) in [7, 11) is 0. The molecule has 1 aromatic carbocycles. The highest BCUT2D eigenvalue weighted by Crippen LogP contribution is 2.16. The highest BCUT2D eigenvalue weighted by Gasteiger charge is 2.04. The topological polar surface area (TPSA) is 47.6 Å². The van der Waals surface area contributed by atoms with Crippen molar-refractivity contribution in [3.63, 3.8) is 0 Å². The Morgan fingerprint density at radius 3 is 1.92 bits per heavy atom. The van der Waals surface area contributed by atoms with Gasteiger partial charge in [0, 0.05) is 30.9 Å². The Hall–Kier alpha value is -1.82. The van der Waals surface area contributed by atoms with Gasteiger partial charge >= 0.3 is 0 Å². The molecular weight excluding hydrogens is 320 g/mol. The number of pyridine rings is 1. The lowest BCUT2D eigenvalue weighted by molar-refractivity contribution is -0.692. The van der Waals surface area contributed by atoms with Crippen LogP contribution in [0.2, 0.25) is 0 Å². The van der Waals surface area contributed by atoms with Gasteiger partial charge in [-0.05, 0) is 35.9 Å². The Bertz CT molecular complexity index is 621. The molecule has 4 nitrogen and oxygen atoms in total. The number of aliphatic hydroxyl groups is 2. The van der Waals surface area contributed by atoms with Gasteiger partial charge in [0.05, 0.1) is 13.2 Å². The second-order valence-corrected chi connectivity index (χ2v) is 5.98. The fourth-order valence-electron chi connectivity index (χ4n) is 2.46. The molecule has 0 saturated heterocycles. The lowest BCUT2D eigenvalue weighted by Crippen LogP contribution is -2.33. The van der Waals surface area contributed by atoms with E-state index in [1.54, 1.807) is 0 Å². The van der Waals surface area contributed by atoms with E-state index in [9.17, 15) is 0 Å². The molecule has 2 aromatic rings. The van der Waals surface area contributed by atoms with Gasteiger partial charge in [-0.15, -0.1) is 0 Å². The Morgan fingerprint density at radius 2 is 1.42 bits per heavy atom. The third-order valence-electron chi connectivity index (χ3n) is 3.75. The molecule has 128 valence electrons. The van der Waals surface area contributed by atoms with Crippen molar-refractivity contribution in [2.75, 3.05) is 37.0 Å². The number of aromatic nitrogens is 1. The fraction of sp³-hybridized carbons (Fsp3) is 0.316. The number of nitrogens with zero attached hydrogens (tertiary/aromatic N) is 2. The second kappa shape index (κ2) is 10.1. The van der Waals surface area contributed by atoms with Crippen LogP contribution in [0.25, 0.3) is 12.2 Å². The van der Waals surface area contributed by atoms with E-state index in [1.807, 2.05) is 29.2 Å². The molecule has 0 bridgehead atoms. The number of rotatable bonds is 9. The van der Waals surface area contributed by atoms with Gasteiger partial charge in [-0.1, -0.05) is 24.3 Å². The van der Waals surface area contributed by atoms with Crippen LogP contribution in [-0.2, 0) is 19.2 Å². The van der Waals surface area contributed by atoms with Crippen molar-refractivity contribution < 1.29 is 14.8 Å². The molecule has 1 aromatic heterocycles. The van der Waals surface area contributed by atoms with Crippen molar-refractivity contribution in [3.05, 3.63) is 59.9 Å². The van der Waals surface area contributed by atoms with Crippen molar-refractivity contribution >= 4 is 30.5 Å². The lowest BCUT2D eigenvalue weighted by atomic mass is 10.1. The maximum Gasteiger partial charge on any atom is 0.192 e. The summed E-state index contributed by atoms with van der Waals surface area (Å²) in [6.45, 7) is 2.15. The minimum atomic E-state index is 0.0740. The van der Waals surface area contributed by atoms with Crippen LogP contribution in [-0.4, -0.2) is 42.3 Å². The molecule has 0 saturated carbocycles. The minimum absolute atomic E-state index is 0.0740. The van der Waals surface area contributed by atoms with Gasteiger partial charge in [-0.3, -0.25) is 0 Å².